The fraction of sp³-hybridized carbons (Fsp3) is 0.318. The van der Waals surface area contributed by atoms with Gasteiger partial charge in [-0.2, -0.15) is 19.3 Å². The maximum absolute atomic E-state index is 13.3. The minimum absolute atomic E-state index is 0.0537. The van der Waals surface area contributed by atoms with Gasteiger partial charge in [0, 0.05) is 32.1 Å². The fourth-order valence-corrected chi connectivity index (χ4v) is 5.89. The lowest BCUT2D eigenvalue weighted by atomic mass is 9.86. The number of aryl methyl sites for hydroxylation is 2. The van der Waals surface area contributed by atoms with Crippen LogP contribution < -0.4 is 5.32 Å². The summed E-state index contributed by atoms with van der Waals surface area (Å²) in [4.78, 5) is 1.24. The molecular formula is C22H24FN7O2S. The lowest BCUT2D eigenvalue weighted by Crippen LogP contribution is -2.58. The van der Waals surface area contributed by atoms with Gasteiger partial charge in [0.2, 0.25) is 5.03 Å². The molecule has 0 spiro atoms. The highest BCUT2D eigenvalue weighted by Gasteiger charge is 2.39. The largest absolute Gasteiger partial charge is 0.305 e. The van der Waals surface area contributed by atoms with Gasteiger partial charge in [0.1, 0.15) is 5.82 Å². The lowest BCUT2D eigenvalue weighted by molar-refractivity contribution is 0.217. The van der Waals surface area contributed by atoms with Crippen LogP contribution in [0.5, 0.6) is 0 Å². The van der Waals surface area contributed by atoms with Crippen LogP contribution in [0.25, 0.3) is 16.6 Å². The van der Waals surface area contributed by atoms with Gasteiger partial charge in [-0.15, -0.1) is 5.10 Å². The van der Waals surface area contributed by atoms with E-state index in [1.54, 1.807) is 30.1 Å². The summed E-state index contributed by atoms with van der Waals surface area (Å²) < 4.78 is 42.9. The number of hydrogen-bond donors (Lipinski definition) is 1. The highest BCUT2D eigenvalue weighted by atomic mass is 32.2. The van der Waals surface area contributed by atoms with Crippen molar-refractivity contribution in [2.24, 2.45) is 7.05 Å². The van der Waals surface area contributed by atoms with E-state index in [0.717, 1.165) is 27.7 Å². The average molecular weight is 470 g/mol. The van der Waals surface area contributed by atoms with E-state index in [1.165, 1.54) is 27.4 Å². The predicted octanol–water partition coefficient (Wildman–Crippen LogP) is 2.11. The van der Waals surface area contributed by atoms with E-state index in [-0.39, 0.29) is 17.4 Å². The van der Waals surface area contributed by atoms with E-state index in [4.69, 9.17) is 0 Å². The minimum Gasteiger partial charge on any atom is -0.305 e. The first-order chi connectivity index (χ1) is 15.7. The SMILES string of the molecule is Cc1cc2c(cnn2-c2ccc(F)cc2)cc1C1(C)CN(S(=O)(=O)c2cnn(C)n2)CCN1. The Labute approximate surface area is 190 Å². The van der Waals surface area contributed by atoms with Crippen molar-refractivity contribution in [3.63, 3.8) is 0 Å². The predicted molar refractivity (Wildman–Crippen MR) is 121 cm³/mol. The van der Waals surface area contributed by atoms with Crippen LogP contribution in [0.15, 0.2) is 53.8 Å². The second-order valence-electron chi connectivity index (χ2n) is 8.53. The Bertz CT molecular complexity index is 1450. The Kier molecular flexibility index (Phi) is 5.07. The summed E-state index contributed by atoms with van der Waals surface area (Å²) in [5, 5.41) is 16.8. The highest BCUT2D eigenvalue weighted by molar-refractivity contribution is 7.89. The van der Waals surface area contributed by atoms with Crippen molar-refractivity contribution in [1.29, 1.82) is 0 Å². The van der Waals surface area contributed by atoms with Gasteiger partial charge in [0.05, 0.1) is 29.1 Å². The second-order valence-corrected chi connectivity index (χ2v) is 10.4. The molecule has 11 heteroatoms. The van der Waals surface area contributed by atoms with Gasteiger partial charge < -0.3 is 5.32 Å². The zero-order chi connectivity index (χ0) is 23.4. The van der Waals surface area contributed by atoms with Crippen molar-refractivity contribution in [1.82, 2.24) is 34.4 Å². The molecule has 1 saturated heterocycles. The summed E-state index contributed by atoms with van der Waals surface area (Å²) >= 11 is 0. The minimum atomic E-state index is -3.76. The number of fused-ring (bicyclic) bond motifs is 1. The number of piperazine rings is 1. The molecule has 1 N–H and O–H groups in total. The molecule has 0 aliphatic carbocycles. The van der Waals surface area contributed by atoms with Crippen LogP contribution in [0.4, 0.5) is 4.39 Å². The maximum Gasteiger partial charge on any atom is 0.264 e. The normalized spacial score (nSPS) is 19.9. The summed E-state index contributed by atoms with van der Waals surface area (Å²) in [5.41, 5.74) is 3.05. The molecular weight excluding hydrogens is 445 g/mol. The first-order valence-electron chi connectivity index (χ1n) is 10.5. The van der Waals surface area contributed by atoms with Crippen molar-refractivity contribution in [3.05, 3.63) is 65.7 Å². The molecule has 2 aromatic heterocycles. The third kappa shape index (κ3) is 3.71. The molecule has 1 unspecified atom stereocenters. The van der Waals surface area contributed by atoms with Crippen LogP contribution in [0.3, 0.4) is 0 Å². The molecule has 33 heavy (non-hydrogen) atoms. The Morgan fingerprint density at radius 1 is 1.12 bits per heavy atom. The van der Waals surface area contributed by atoms with Crippen molar-refractivity contribution in [2.45, 2.75) is 24.4 Å². The molecule has 1 aliphatic heterocycles. The van der Waals surface area contributed by atoms with Crippen LogP contribution in [0.1, 0.15) is 18.1 Å². The number of rotatable bonds is 4. The number of sulfonamides is 1. The number of nitrogens with zero attached hydrogens (tertiary/aromatic N) is 6. The molecule has 172 valence electrons. The molecule has 1 atom stereocenters. The van der Waals surface area contributed by atoms with Gasteiger partial charge in [-0.3, -0.25) is 0 Å². The van der Waals surface area contributed by atoms with Crippen molar-refractivity contribution in [3.8, 4) is 5.69 Å². The van der Waals surface area contributed by atoms with Crippen LogP contribution in [0.2, 0.25) is 0 Å². The van der Waals surface area contributed by atoms with Crippen LogP contribution in [0, 0.1) is 12.7 Å². The second kappa shape index (κ2) is 7.72. The van der Waals surface area contributed by atoms with Gasteiger partial charge in [0.15, 0.2) is 0 Å². The van der Waals surface area contributed by atoms with E-state index in [1.807, 2.05) is 26.0 Å². The quantitative estimate of drug-likeness (QED) is 0.492. The molecule has 9 nitrogen and oxygen atoms in total. The smallest absolute Gasteiger partial charge is 0.264 e. The first kappa shape index (κ1) is 21.7. The lowest BCUT2D eigenvalue weighted by Gasteiger charge is -2.41. The van der Waals surface area contributed by atoms with E-state index in [0.29, 0.717) is 13.1 Å². The molecule has 2 aromatic carbocycles. The van der Waals surface area contributed by atoms with E-state index in [2.05, 4.69) is 20.6 Å². The number of nitrogens with one attached hydrogen (secondary N) is 1. The molecule has 4 aromatic rings. The number of hydrogen-bond acceptors (Lipinski definition) is 6. The molecule has 5 rings (SSSR count). The van der Waals surface area contributed by atoms with Crippen LogP contribution in [-0.2, 0) is 22.6 Å². The van der Waals surface area contributed by atoms with E-state index < -0.39 is 15.6 Å². The van der Waals surface area contributed by atoms with Gasteiger partial charge in [-0.05, 0) is 61.4 Å². The topological polar surface area (TPSA) is 97.9 Å². The third-order valence-electron chi connectivity index (χ3n) is 6.13. The molecule has 0 bridgehead atoms. The zero-order valence-electron chi connectivity index (χ0n) is 18.5. The molecule has 1 fully saturated rings. The molecule has 0 radical (unpaired) electrons. The highest BCUT2D eigenvalue weighted by Crippen LogP contribution is 2.33. The van der Waals surface area contributed by atoms with Crippen molar-refractivity contribution < 1.29 is 12.8 Å². The molecule has 1 aliphatic rings. The van der Waals surface area contributed by atoms with E-state index >= 15 is 0 Å². The number of aromatic nitrogens is 5. The summed E-state index contributed by atoms with van der Waals surface area (Å²) in [7, 11) is -2.17. The maximum atomic E-state index is 13.3. The Hall–Kier alpha value is -3.15. The monoisotopic (exact) mass is 469 g/mol. The number of benzene rings is 2. The fourth-order valence-electron chi connectivity index (χ4n) is 4.47. The Morgan fingerprint density at radius 2 is 1.88 bits per heavy atom. The molecule has 0 saturated carbocycles. The van der Waals surface area contributed by atoms with Gasteiger partial charge in [0.25, 0.3) is 10.0 Å². The van der Waals surface area contributed by atoms with Crippen LogP contribution >= 0.6 is 0 Å². The van der Waals surface area contributed by atoms with E-state index in [9.17, 15) is 12.8 Å². The molecule has 3 heterocycles. The third-order valence-corrected chi connectivity index (χ3v) is 7.84. The summed E-state index contributed by atoms with van der Waals surface area (Å²) in [6, 6.07) is 10.3. The summed E-state index contributed by atoms with van der Waals surface area (Å²) in [5.74, 6) is -0.300. The van der Waals surface area contributed by atoms with Crippen molar-refractivity contribution in [2.75, 3.05) is 19.6 Å². The van der Waals surface area contributed by atoms with Crippen molar-refractivity contribution >= 4 is 20.9 Å². The summed E-state index contributed by atoms with van der Waals surface area (Å²) in [6.45, 7) is 5.11. The number of halogens is 1. The van der Waals surface area contributed by atoms with Gasteiger partial charge in [-0.1, -0.05) is 0 Å². The first-order valence-corrected chi connectivity index (χ1v) is 12.0. The Morgan fingerprint density at radius 3 is 2.58 bits per heavy atom. The average Bonchev–Trinajstić information content (AvgIpc) is 3.40. The van der Waals surface area contributed by atoms with Gasteiger partial charge in [-0.25, -0.2) is 17.5 Å². The summed E-state index contributed by atoms with van der Waals surface area (Å²) in [6.07, 6.45) is 3.04. The molecule has 0 amide bonds. The standard InChI is InChI=1S/C22H24FN7O2S/c1-15-10-20-16(12-26-30(20)18-6-4-17(23)5-7-18)11-19(15)22(2)14-29(9-8-24-22)33(31,32)21-13-25-28(3)27-21/h4-7,10-13,24H,8-9,14H2,1-3H3. The van der Waals surface area contributed by atoms with Crippen LogP contribution in [-0.4, -0.2) is 57.1 Å². The van der Waals surface area contributed by atoms with Gasteiger partial charge >= 0.3 is 0 Å². The zero-order valence-corrected chi connectivity index (χ0v) is 19.3. The Balaban J connectivity index is 1.51.